The zero-order valence-corrected chi connectivity index (χ0v) is 19.8. The van der Waals surface area contributed by atoms with Gasteiger partial charge in [-0.2, -0.15) is 18.3 Å². The van der Waals surface area contributed by atoms with Crippen molar-refractivity contribution in [2.24, 2.45) is 0 Å². The predicted octanol–water partition coefficient (Wildman–Crippen LogP) is 2.99. The number of hydrogen-bond donors (Lipinski definition) is 2. The molecule has 9 nitrogen and oxygen atoms in total. The Bertz CT molecular complexity index is 1570. The van der Waals surface area contributed by atoms with E-state index in [0.717, 1.165) is 24.3 Å². The van der Waals surface area contributed by atoms with Gasteiger partial charge in [0, 0.05) is 18.8 Å². The molecule has 4 aromatic rings. The number of hydrogen-bond acceptors (Lipinski definition) is 6. The summed E-state index contributed by atoms with van der Waals surface area (Å²) in [5.41, 5.74) is 3.86. The molecule has 2 aromatic heterocycles. The Morgan fingerprint density at radius 3 is 2.42 bits per heavy atom. The molecular formula is C25H22F4N6O3. The van der Waals surface area contributed by atoms with Gasteiger partial charge in [-0.3, -0.25) is 14.2 Å². The molecule has 3 N–H and O–H groups in total. The Kier molecular flexibility index (Phi) is 6.18. The quantitative estimate of drug-likeness (QED) is 0.309. The maximum Gasteiger partial charge on any atom is 0.416 e. The number of benzene rings is 2. The average Bonchev–Trinajstić information content (AvgIpc) is 3.30. The Balaban J connectivity index is 1.31. The Labute approximate surface area is 212 Å². The first-order valence-electron chi connectivity index (χ1n) is 11.6. The van der Waals surface area contributed by atoms with Crippen LogP contribution in [0.4, 0.5) is 23.2 Å². The highest BCUT2D eigenvalue weighted by Crippen LogP contribution is 2.30. The number of anilines is 1. The van der Waals surface area contributed by atoms with Crippen molar-refractivity contribution in [1.29, 1.82) is 0 Å². The molecule has 1 amide bonds. The Morgan fingerprint density at radius 1 is 1.11 bits per heavy atom. The molecule has 0 atom stereocenters. The highest BCUT2D eigenvalue weighted by atomic mass is 19.4. The number of fused-ring (bicyclic) bond motifs is 1. The van der Waals surface area contributed by atoms with Crippen LogP contribution in [0.25, 0.3) is 16.7 Å². The lowest BCUT2D eigenvalue weighted by Crippen LogP contribution is -2.49. The van der Waals surface area contributed by atoms with Crippen molar-refractivity contribution in [3.63, 3.8) is 0 Å². The Hall–Kier alpha value is -4.26. The normalized spacial score (nSPS) is 15.7. The topological polar surface area (TPSA) is 119 Å². The van der Waals surface area contributed by atoms with Crippen molar-refractivity contribution >= 4 is 22.6 Å². The van der Waals surface area contributed by atoms with Gasteiger partial charge in [-0.05, 0) is 55.3 Å². The SMILES string of the molecule is Nc1cc(F)ccc1C(=O)N1CCC(O)(Cn2cnc3c(cnn3-c3ccc(C(F)(F)F)cc3)c2=O)CC1. The predicted molar refractivity (Wildman–Crippen MR) is 129 cm³/mol. The van der Waals surface area contributed by atoms with Gasteiger partial charge < -0.3 is 15.7 Å². The monoisotopic (exact) mass is 530 g/mol. The van der Waals surface area contributed by atoms with Gasteiger partial charge in [0.15, 0.2) is 5.65 Å². The van der Waals surface area contributed by atoms with Crippen molar-refractivity contribution in [2.75, 3.05) is 18.8 Å². The van der Waals surface area contributed by atoms with Gasteiger partial charge in [0.05, 0.1) is 35.2 Å². The summed E-state index contributed by atoms with van der Waals surface area (Å²) in [4.78, 5) is 31.7. The molecule has 0 aliphatic carbocycles. The van der Waals surface area contributed by atoms with Crippen LogP contribution in [0, 0.1) is 5.82 Å². The van der Waals surface area contributed by atoms with Crippen LogP contribution in [-0.2, 0) is 12.7 Å². The minimum absolute atomic E-state index is 0.0265. The molecule has 0 saturated carbocycles. The van der Waals surface area contributed by atoms with E-state index in [1.807, 2.05) is 0 Å². The number of carbonyl (C=O) groups is 1. The fourth-order valence-corrected chi connectivity index (χ4v) is 4.54. The summed E-state index contributed by atoms with van der Waals surface area (Å²) < 4.78 is 54.4. The van der Waals surface area contributed by atoms with E-state index in [-0.39, 0.29) is 60.7 Å². The molecule has 1 saturated heterocycles. The molecule has 0 radical (unpaired) electrons. The first-order chi connectivity index (χ1) is 17.9. The van der Waals surface area contributed by atoms with Crippen LogP contribution in [0.2, 0.25) is 0 Å². The van der Waals surface area contributed by atoms with E-state index in [1.165, 1.54) is 44.9 Å². The third-order valence-corrected chi connectivity index (χ3v) is 6.68. The van der Waals surface area contributed by atoms with Crippen LogP contribution in [-0.4, -0.2) is 53.9 Å². The van der Waals surface area contributed by atoms with Crippen LogP contribution in [0.1, 0.15) is 28.8 Å². The minimum Gasteiger partial charge on any atom is -0.398 e. The summed E-state index contributed by atoms with van der Waals surface area (Å²) in [6.07, 6.45) is -1.60. The first-order valence-corrected chi connectivity index (χ1v) is 11.6. The van der Waals surface area contributed by atoms with Gasteiger partial charge in [0.25, 0.3) is 11.5 Å². The molecule has 1 fully saturated rings. The second-order valence-electron chi connectivity index (χ2n) is 9.26. The summed E-state index contributed by atoms with van der Waals surface area (Å²) in [5.74, 6) is -0.923. The fraction of sp³-hybridized carbons (Fsp3) is 0.280. The summed E-state index contributed by atoms with van der Waals surface area (Å²) >= 11 is 0. The van der Waals surface area contributed by atoms with Gasteiger partial charge >= 0.3 is 6.18 Å². The molecule has 0 bridgehead atoms. The molecule has 1 aliphatic rings. The number of aliphatic hydroxyl groups is 1. The lowest BCUT2D eigenvalue weighted by molar-refractivity contribution is -0.137. The fourth-order valence-electron chi connectivity index (χ4n) is 4.54. The van der Waals surface area contributed by atoms with Crippen molar-refractivity contribution < 1.29 is 27.5 Å². The smallest absolute Gasteiger partial charge is 0.398 e. The largest absolute Gasteiger partial charge is 0.416 e. The van der Waals surface area contributed by atoms with Crippen LogP contribution in [0.3, 0.4) is 0 Å². The first kappa shape index (κ1) is 25.4. The molecule has 0 unspecified atom stereocenters. The molecule has 198 valence electrons. The number of likely N-dealkylation sites (tertiary alicyclic amines) is 1. The molecule has 3 heterocycles. The maximum absolute atomic E-state index is 13.3. The van der Waals surface area contributed by atoms with Crippen LogP contribution >= 0.6 is 0 Å². The lowest BCUT2D eigenvalue weighted by atomic mass is 9.90. The summed E-state index contributed by atoms with van der Waals surface area (Å²) in [7, 11) is 0. The van der Waals surface area contributed by atoms with Crippen molar-refractivity contribution in [2.45, 2.75) is 31.2 Å². The number of nitrogens with zero attached hydrogens (tertiary/aromatic N) is 5. The van der Waals surface area contributed by atoms with Gasteiger partial charge in [-0.25, -0.2) is 14.1 Å². The van der Waals surface area contributed by atoms with Gasteiger partial charge in [0.2, 0.25) is 0 Å². The van der Waals surface area contributed by atoms with Crippen LogP contribution < -0.4 is 11.3 Å². The number of piperidine rings is 1. The number of nitrogens with two attached hydrogens (primary N) is 1. The molecule has 13 heteroatoms. The number of carbonyl (C=O) groups excluding carboxylic acids is 1. The number of halogens is 4. The minimum atomic E-state index is -4.48. The third kappa shape index (κ3) is 4.72. The Morgan fingerprint density at radius 2 is 1.79 bits per heavy atom. The molecule has 5 rings (SSSR count). The number of amides is 1. The molecule has 38 heavy (non-hydrogen) atoms. The highest BCUT2D eigenvalue weighted by Gasteiger charge is 2.35. The number of nitrogen functional groups attached to an aromatic ring is 1. The summed E-state index contributed by atoms with van der Waals surface area (Å²) in [6, 6.07) is 7.85. The summed E-state index contributed by atoms with van der Waals surface area (Å²) in [6.45, 7) is 0.311. The number of alkyl halides is 3. The second-order valence-corrected chi connectivity index (χ2v) is 9.26. The number of aromatic nitrogens is 4. The third-order valence-electron chi connectivity index (χ3n) is 6.68. The van der Waals surface area contributed by atoms with Crippen molar-refractivity contribution in [3.8, 4) is 5.69 Å². The molecule has 0 spiro atoms. The zero-order valence-electron chi connectivity index (χ0n) is 19.8. The van der Waals surface area contributed by atoms with Gasteiger partial charge in [-0.15, -0.1) is 0 Å². The number of rotatable bonds is 4. The maximum atomic E-state index is 13.3. The van der Waals surface area contributed by atoms with Crippen LogP contribution in [0.15, 0.2) is 59.8 Å². The van der Waals surface area contributed by atoms with E-state index in [1.54, 1.807) is 0 Å². The van der Waals surface area contributed by atoms with E-state index in [4.69, 9.17) is 5.73 Å². The zero-order chi connectivity index (χ0) is 27.2. The molecule has 2 aromatic carbocycles. The van der Waals surface area contributed by atoms with Crippen molar-refractivity contribution in [3.05, 3.63) is 82.3 Å². The molecular weight excluding hydrogens is 508 g/mol. The van der Waals surface area contributed by atoms with Crippen molar-refractivity contribution in [1.82, 2.24) is 24.2 Å². The second kappa shape index (κ2) is 9.24. The van der Waals surface area contributed by atoms with Gasteiger partial charge in [-0.1, -0.05) is 0 Å². The standard InChI is InChI=1S/C25H22F4N6O3/c26-16-3-6-18(20(30)11-16)22(36)33-9-7-24(38,8-10-33)13-34-14-31-21-19(23(34)37)12-32-35(21)17-4-1-15(2-5-17)25(27,28)29/h1-6,11-12,14,38H,7-10,13,30H2. The van der Waals surface area contributed by atoms with Crippen LogP contribution in [0.5, 0.6) is 0 Å². The van der Waals surface area contributed by atoms with E-state index < -0.39 is 28.7 Å². The summed E-state index contributed by atoms with van der Waals surface area (Å²) in [5, 5.41) is 15.4. The average molecular weight is 530 g/mol. The lowest BCUT2D eigenvalue weighted by Gasteiger charge is -2.38. The van der Waals surface area contributed by atoms with E-state index in [2.05, 4.69) is 10.1 Å². The van der Waals surface area contributed by atoms with Gasteiger partial charge in [0.1, 0.15) is 17.5 Å². The highest BCUT2D eigenvalue weighted by molar-refractivity contribution is 5.99. The molecule has 1 aliphatic heterocycles. The van der Waals surface area contributed by atoms with E-state index in [9.17, 15) is 32.3 Å². The van der Waals surface area contributed by atoms with E-state index >= 15 is 0 Å². The van der Waals surface area contributed by atoms with E-state index in [0.29, 0.717) is 5.69 Å².